The summed E-state index contributed by atoms with van der Waals surface area (Å²) in [5.41, 5.74) is 0.474. The second-order valence-corrected chi connectivity index (χ2v) is 7.60. The number of rotatable bonds is 1. The van der Waals surface area contributed by atoms with Crippen LogP contribution in [0.4, 0.5) is 10.5 Å². The molecule has 3 heterocycles. The van der Waals surface area contributed by atoms with Crippen molar-refractivity contribution in [1.29, 1.82) is 0 Å². The molecule has 0 unspecified atom stereocenters. The zero-order chi connectivity index (χ0) is 16.1. The highest BCUT2D eigenvalue weighted by atomic mass is 35.5. The van der Waals surface area contributed by atoms with Gasteiger partial charge in [-0.15, -0.1) is 0 Å². The Morgan fingerprint density at radius 3 is 2.68 bits per heavy atom. The maximum Gasteiger partial charge on any atom is 0.410 e. The smallest absolute Gasteiger partial charge is 0.410 e. The lowest BCUT2D eigenvalue weighted by Gasteiger charge is -2.43. The number of ether oxygens (including phenoxy) is 1. The number of amides is 1. The van der Waals surface area contributed by atoms with Gasteiger partial charge >= 0.3 is 6.09 Å². The summed E-state index contributed by atoms with van der Waals surface area (Å²) in [4.78, 5) is 20.2. The van der Waals surface area contributed by atoms with Crippen molar-refractivity contribution in [3.8, 4) is 0 Å². The van der Waals surface area contributed by atoms with E-state index in [9.17, 15) is 4.79 Å². The van der Waals surface area contributed by atoms with Crippen molar-refractivity contribution in [1.82, 2.24) is 9.88 Å². The predicted molar refractivity (Wildman–Crippen MR) is 86.7 cm³/mol. The Labute approximate surface area is 140 Å². The number of anilines is 1. The van der Waals surface area contributed by atoms with E-state index in [1.165, 1.54) is 0 Å². The normalized spacial score (nSPS) is 24.0. The molecule has 0 N–H and O–H groups in total. The van der Waals surface area contributed by atoms with Gasteiger partial charge in [-0.05, 0) is 26.8 Å². The van der Waals surface area contributed by atoms with E-state index in [4.69, 9.17) is 27.9 Å². The first kappa shape index (κ1) is 15.7. The lowest BCUT2D eigenvalue weighted by atomic mass is 9.93. The maximum atomic E-state index is 12.2. The highest BCUT2D eigenvalue weighted by molar-refractivity contribution is 6.41. The van der Waals surface area contributed by atoms with Crippen molar-refractivity contribution in [3.05, 3.63) is 22.4 Å². The van der Waals surface area contributed by atoms with Gasteiger partial charge in [0.1, 0.15) is 10.8 Å². The molecule has 1 aromatic heterocycles. The lowest BCUT2D eigenvalue weighted by molar-refractivity contribution is -0.0163. The molecular weight excluding hydrogens is 325 g/mol. The summed E-state index contributed by atoms with van der Waals surface area (Å²) in [5, 5.41) is 0.755. The molecule has 0 aliphatic carbocycles. The van der Waals surface area contributed by atoms with E-state index in [0.717, 1.165) is 25.3 Å². The van der Waals surface area contributed by atoms with Gasteiger partial charge < -0.3 is 14.5 Å². The molecule has 7 heteroatoms. The van der Waals surface area contributed by atoms with E-state index >= 15 is 0 Å². The van der Waals surface area contributed by atoms with Crippen molar-refractivity contribution in [2.45, 2.75) is 32.4 Å². The Hall–Kier alpha value is -1.20. The molecule has 3 rings (SSSR count). The fourth-order valence-corrected chi connectivity index (χ4v) is 3.23. The number of nitrogens with zero attached hydrogens (tertiary/aromatic N) is 3. The van der Waals surface area contributed by atoms with Gasteiger partial charge in [-0.25, -0.2) is 9.78 Å². The summed E-state index contributed by atoms with van der Waals surface area (Å²) in [6.45, 7) is 8.04. The minimum absolute atomic E-state index is 0.198. The van der Waals surface area contributed by atoms with Gasteiger partial charge in [0.2, 0.25) is 0 Å². The third-order valence-corrected chi connectivity index (χ3v) is 4.70. The second kappa shape index (κ2) is 5.46. The van der Waals surface area contributed by atoms with Crippen molar-refractivity contribution in [2.75, 3.05) is 24.5 Å². The second-order valence-electron chi connectivity index (χ2n) is 6.83. The number of hydrogen-bond donors (Lipinski definition) is 0. The molecule has 0 bridgehead atoms. The molecule has 2 aliphatic heterocycles. The summed E-state index contributed by atoms with van der Waals surface area (Å²) in [5.74, 6) is 0.474. The molecule has 120 valence electrons. The molecule has 0 saturated carbocycles. The Kier molecular flexibility index (Phi) is 3.89. The van der Waals surface area contributed by atoms with Crippen LogP contribution in [0.25, 0.3) is 0 Å². The number of carbonyl (C=O) groups excluding carboxylic acids is 1. The molecular formula is C15H19Cl2N3O2. The zero-order valence-corrected chi connectivity index (χ0v) is 14.4. The molecule has 5 nitrogen and oxygen atoms in total. The summed E-state index contributed by atoms with van der Waals surface area (Å²) >= 11 is 11.9. The summed E-state index contributed by atoms with van der Waals surface area (Å²) in [6.07, 6.45) is 1.49. The Morgan fingerprint density at radius 1 is 1.32 bits per heavy atom. The zero-order valence-electron chi connectivity index (χ0n) is 12.8. The van der Waals surface area contributed by atoms with E-state index in [-0.39, 0.29) is 12.1 Å². The third kappa shape index (κ3) is 2.97. The fraction of sp³-hybridized carbons (Fsp3) is 0.600. The number of aromatic nitrogens is 1. The first-order valence-corrected chi connectivity index (χ1v) is 8.06. The molecule has 0 radical (unpaired) electrons. The highest BCUT2D eigenvalue weighted by Crippen LogP contribution is 2.36. The number of hydrogen-bond acceptors (Lipinski definition) is 4. The summed E-state index contributed by atoms with van der Waals surface area (Å²) in [7, 11) is 0. The maximum absolute atomic E-state index is 12.2. The average molecular weight is 344 g/mol. The van der Waals surface area contributed by atoms with Crippen LogP contribution in [0.15, 0.2) is 12.3 Å². The van der Waals surface area contributed by atoms with Gasteiger partial charge in [-0.1, -0.05) is 23.2 Å². The van der Waals surface area contributed by atoms with Crippen molar-refractivity contribution < 1.29 is 9.53 Å². The van der Waals surface area contributed by atoms with Crippen molar-refractivity contribution >= 4 is 35.0 Å². The van der Waals surface area contributed by atoms with Crippen LogP contribution in [-0.2, 0) is 4.74 Å². The topological polar surface area (TPSA) is 45.7 Å². The van der Waals surface area contributed by atoms with Crippen LogP contribution < -0.4 is 4.90 Å². The Bertz CT molecular complexity index is 603. The van der Waals surface area contributed by atoms with Crippen LogP contribution in [0.1, 0.15) is 20.8 Å². The third-order valence-electron chi connectivity index (χ3n) is 4.01. The molecule has 1 aromatic rings. The quantitative estimate of drug-likeness (QED) is 0.732. The van der Waals surface area contributed by atoms with Gasteiger partial charge in [0.25, 0.3) is 0 Å². The molecule has 2 aliphatic rings. The van der Waals surface area contributed by atoms with Gasteiger partial charge in [0, 0.05) is 25.6 Å². The number of likely N-dealkylation sites (tertiary alicyclic amines) is 1. The van der Waals surface area contributed by atoms with Crippen molar-refractivity contribution in [3.63, 3.8) is 0 Å². The minimum atomic E-state index is -0.464. The molecule has 1 amide bonds. The predicted octanol–water partition coefficient (Wildman–Crippen LogP) is 3.44. The van der Waals surface area contributed by atoms with Gasteiger partial charge in [-0.3, -0.25) is 0 Å². The van der Waals surface area contributed by atoms with Crippen LogP contribution in [0.5, 0.6) is 0 Å². The van der Waals surface area contributed by atoms with E-state index in [0.29, 0.717) is 16.1 Å². The number of halogens is 2. The van der Waals surface area contributed by atoms with Crippen LogP contribution in [0, 0.1) is 5.92 Å². The molecule has 2 saturated heterocycles. The molecule has 2 atom stereocenters. The van der Waals surface area contributed by atoms with Gasteiger partial charge in [-0.2, -0.15) is 0 Å². The van der Waals surface area contributed by atoms with Crippen molar-refractivity contribution in [2.24, 2.45) is 5.92 Å². The molecule has 22 heavy (non-hydrogen) atoms. The van der Waals surface area contributed by atoms with Crippen LogP contribution >= 0.6 is 23.2 Å². The van der Waals surface area contributed by atoms with Gasteiger partial charge in [0.05, 0.1) is 22.9 Å². The van der Waals surface area contributed by atoms with Gasteiger partial charge in [0.15, 0.2) is 0 Å². The van der Waals surface area contributed by atoms with Crippen LogP contribution in [0.2, 0.25) is 10.2 Å². The number of carbonyl (C=O) groups is 1. The van der Waals surface area contributed by atoms with E-state index in [2.05, 4.69) is 9.88 Å². The highest BCUT2D eigenvalue weighted by Gasteiger charge is 2.49. The average Bonchev–Trinajstić information content (AvgIpc) is 2.69. The summed E-state index contributed by atoms with van der Waals surface area (Å²) in [6, 6.07) is 2.02. The number of pyridine rings is 1. The minimum Gasteiger partial charge on any atom is -0.444 e. The lowest BCUT2D eigenvalue weighted by Crippen LogP contribution is -2.59. The largest absolute Gasteiger partial charge is 0.444 e. The van der Waals surface area contributed by atoms with E-state index in [1.54, 1.807) is 11.1 Å². The van der Waals surface area contributed by atoms with E-state index in [1.807, 2.05) is 26.8 Å². The molecule has 0 spiro atoms. The monoisotopic (exact) mass is 343 g/mol. The summed E-state index contributed by atoms with van der Waals surface area (Å²) < 4.78 is 5.44. The fourth-order valence-electron chi connectivity index (χ4n) is 2.96. The molecule has 2 fully saturated rings. The Balaban J connectivity index is 1.65. The first-order valence-electron chi connectivity index (χ1n) is 7.30. The SMILES string of the molecule is CC(C)(C)OC(=O)N1C[C@@H]2CN(c3cnc(Cl)c(Cl)c3)C[C@@H]21. The molecule has 0 aromatic carbocycles. The van der Waals surface area contributed by atoms with Crippen LogP contribution in [-0.4, -0.2) is 47.3 Å². The van der Waals surface area contributed by atoms with Crippen LogP contribution in [0.3, 0.4) is 0 Å². The van der Waals surface area contributed by atoms with E-state index < -0.39 is 5.60 Å². The number of fused-ring (bicyclic) bond motifs is 1. The first-order chi connectivity index (χ1) is 10.2. The standard InChI is InChI=1S/C15H19Cl2N3O2/c1-15(2,3)22-14(21)20-7-9-6-19(8-12(9)20)10-4-11(16)13(17)18-5-10/h4-5,9,12H,6-8H2,1-3H3/t9-,12-/m0/s1. The Morgan fingerprint density at radius 2 is 2.05 bits per heavy atom.